The van der Waals surface area contributed by atoms with Crippen molar-refractivity contribution >= 4 is 0 Å². The molecule has 2 heterocycles. The number of hydrogen-bond acceptors (Lipinski definition) is 5. The van der Waals surface area contributed by atoms with Gasteiger partial charge in [-0.15, -0.1) is 5.10 Å². The smallest absolute Gasteiger partial charge is 0.164 e. The summed E-state index contributed by atoms with van der Waals surface area (Å²) in [5.74, 6) is 0.851. The number of aryl methyl sites for hydroxylation is 1. The molecule has 6 heteroatoms. The van der Waals surface area contributed by atoms with Crippen molar-refractivity contribution in [3.05, 3.63) is 5.82 Å². The molecular weight excluding hydrogens is 182 g/mol. The minimum Gasteiger partial charge on any atom is -0.377 e. The predicted octanol–water partition coefficient (Wildman–Crippen LogP) is -0.523. The molecule has 0 unspecified atom stereocenters. The number of hydrogen-bond donors (Lipinski definition) is 1. The lowest BCUT2D eigenvalue weighted by atomic mass is 10.1. The summed E-state index contributed by atoms with van der Waals surface area (Å²) in [6, 6.07) is 0.423. The van der Waals surface area contributed by atoms with Crippen LogP contribution in [0.1, 0.15) is 19.2 Å². The summed E-state index contributed by atoms with van der Waals surface area (Å²) in [7, 11) is 1.84. The molecule has 1 aromatic heterocycles. The molecule has 0 bridgehead atoms. The van der Waals surface area contributed by atoms with E-state index < -0.39 is 0 Å². The number of ether oxygens (including phenoxy) is 1. The monoisotopic (exact) mass is 197 g/mol. The quantitative estimate of drug-likeness (QED) is 0.706. The summed E-state index contributed by atoms with van der Waals surface area (Å²) >= 11 is 0. The van der Waals surface area contributed by atoms with E-state index in [1.165, 1.54) is 0 Å². The van der Waals surface area contributed by atoms with Crippen LogP contribution in [0.4, 0.5) is 0 Å². The van der Waals surface area contributed by atoms with Crippen molar-refractivity contribution in [3.63, 3.8) is 0 Å². The third kappa shape index (κ3) is 1.91. The molecular formula is C8H15N5O. The molecule has 0 aromatic carbocycles. The Kier molecular flexibility index (Phi) is 2.74. The van der Waals surface area contributed by atoms with Crippen molar-refractivity contribution < 1.29 is 4.74 Å². The molecule has 2 atom stereocenters. The van der Waals surface area contributed by atoms with E-state index in [1.54, 1.807) is 4.68 Å². The van der Waals surface area contributed by atoms with Crippen molar-refractivity contribution in [2.75, 3.05) is 6.61 Å². The van der Waals surface area contributed by atoms with Crippen LogP contribution in [0.3, 0.4) is 0 Å². The molecule has 1 saturated heterocycles. The Morgan fingerprint density at radius 1 is 1.64 bits per heavy atom. The Hall–Kier alpha value is -1.01. The van der Waals surface area contributed by atoms with Crippen molar-refractivity contribution in [2.45, 2.75) is 32.0 Å². The van der Waals surface area contributed by atoms with E-state index >= 15 is 0 Å². The van der Waals surface area contributed by atoms with Crippen LogP contribution in [-0.2, 0) is 18.3 Å². The summed E-state index contributed by atoms with van der Waals surface area (Å²) in [5, 5.41) is 14.6. The number of nitrogens with one attached hydrogen (secondary N) is 1. The van der Waals surface area contributed by atoms with Crippen LogP contribution in [0.2, 0.25) is 0 Å². The molecule has 1 aromatic rings. The van der Waals surface area contributed by atoms with Crippen LogP contribution >= 0.6 is 0 Å². The highest BCUT2D eigenvalue weighted by Gasteiger charge is 2.23. The first-order valence-corrected chi connectivity index (χ1v) is 4.83. The van der Waals surface area contributed by atoms with Gasteiger partial charge in [0.1, 0.15) is 0 Å². The molecule has 1 aliphatic rings. The molecule has 78 valence electrons. The summed E-state index contributed by atoms with van der Waals surface area (Å²) < 4.78 is 7.12. The zero-order valence-electron chi connectivity index (χ0n) is 8.47. The molecule has 0 aliphatic carbocycles. The van der Waals surface area contributed by atoms with Crippen molar-refractivity contribution in [1.82, 2.24) is 25.5 Å². The van der Waals surface area contributed by atoms with Gasteiger partial charge in [0, 0.05) is 19.7 Å². The number of nitrogens with zero attached hydrogens (tertiary/aromatic N) is 4. The van der Waals surface area contributed by atoms with E-state index in [2.05, 4.69) is 27.8 Å². The summed E-state index contributed by atoms with van der Waals surface area (Å²) in [6.07, 6.45) is 1.35. The van der Waals surface area contributed by atoms with Gasteiger partial charge in [-0.05, 0) is 23.8 Å². The fourth-order valence-corrected chi connectivity index (χ4v) is 1.62. The molecule has 0 spiro atoms. The summed E-state index contributed by atoms with van der Waals surface area (Å²) in [5.41, 5.74) is 0. The Bertz CT molecular complexity index is 300. The second-order valence-electron chi connectivity index (χ2n) is 3.57. The highest BCUT2D eigenvalue weighted by Crippen LogP contribution is 2.12. The molecule has 2 rings (SSSR count). The van der Waals surface area contributed by atoms with Crippen LogP contribution in [0, 0.1) is 0 Å². The van der Waals surface area contributed by atoms with Gasteiger partial charge in [0.05, 0.1) is 12.6 Å². The summed E-state index contributed by atoms with van der Waals surface area (Å²) in [4.78, 5) is 0. The Balaban J connectivity index is 1.85. The fourth-order valence-electron chi connectivity index (χ4n) is 1.62. The summed E-state index contributed by atoms with van der Waals surface area (Å²) in [6.45, 7) is 3.62. The van der Waals surface area contributed by atoms with Gasteiger partial charge in [-0.1, -0.05) is 0 Å². The molecule has 1 aliphatic heterocycles. The Morgan fingerprint density at radius 2 is 2.50 bits per heavy atom. The maximum Gasteiger partial charge on any atom is 0.164 e. The van der Waals surface area contributed by atoms with E-state index in [1.807, 2.05) is 7.05 Å². The van der Waals surface area contributed by atoms with E-state index in [0.29, 0.717) is 12.6 Å². The molecule has 0 saturated carbocycles. The molecule has 1 fully saturated rings. The standard InChI is InChI=1S/C8H15N5O/c1-6-7(3-4-14-6)9-5-8-10-11-12-13(8)2/h6-7,9H,3-5H2,1-2H3/t6-,7-/m1/s1. The van der Waals surface area contributed by atoms with Gasteiger partial charge in [-0.2, -0.15) is 0 Å². The third-order valence-electron chi connectivity index (χ3n) is 2.61. The minimum atomic E-state index is 0.288. The molecule has 14 heavy (non-hydrogen) atoms. The topological polar surface area (TPSA) is 64.9 Å². The fraction of sp³-hybridized carbons (Fsp3) is 0.875. The van der Waals surface area contributed by atoms with E-state index in [0.717, 1.165) is 18.9 Å². The second-order valence-corrected chi connectivity index (χ2v) is 3.57. The molecule has 1 N–H and O–H groups in total. The van der Waals surface area contributed by atoms with Crippen LogP contribution in [0.15, 0.2) is 0 Å². The van der Waals surface area contributed by atoms with Gasteiger partial charge < -0.3 is 10.1 Å². The molecule has 0 radical (unpaired) electrons. The first kappa shape index (κ1) is 9.54. The Morgan fingerprint density at radius 3 is 3.07 bits per heavy atom. The van der Waals surface area contributed by atoms with E-state index in [-0.39, 0.29) is 6.10 Å². The van der Waals surface area contributed by atoms with Crippen molar-refractivity contribution in [3.8, 4) is 0 Å². The van der Waals surface area contributed by atoms with Crippen molar-refractivity contribution in [1.29, 1.82) is 0 Å². The minimum absolute atomic E-state index is 0.288. The van der Waals surface area contributed by atoms with Crippen molar-refractivity contribution in [2.24, 2.45) is 7.05 Å². The molecule has 0 amide bonds. The van der Waals surface area contributed by atoms with E-state index in [9.17, 15) is 0 Å². The lowest BCUT2D eigenvalue weighted by Gasteiger charge is -2.14. The second kappa shape index (κ2) is 4.02. The maximum atomic E-state index is 5.44. The Labute approximate surface area is 82.6 Å². The predicted molar refractivity (Wildman–Crippen MR) is 49.5 cm³/mol. The number of aromatic nitrogens is 4. The lowest BCUT2D eigenvalue weighted by Crippen LogP contribution is -2.34. The average molecular weight is 197 g/mol. The van der Waals surface area contributed by atoms with Crippen LogP contribution in [0.5, 0.6) is 0 Å². The lowest BCUT2D eigenvalue weighted by molar-refractivity contribution is 0.113. The zero-order chi connectivity index (χ0) is 9.97. The van der Waals surface area contributed by atoms with Gasteiger partial charge in [0.15, 0.2) is 5.82 Å². The van der Waals surface area contributed by atoms with Crippen LogP contribution in [-0.4, -0.2) is 39.0 Å². The molecule has 6 nitrogen and oxygen atoms in total. The normalized spacial score (nSPS) is 27.0. The first-order chi connectivity index (χ1) is 6.77. The van der Waals surface area contributed by atoms with Gasteiger partial charge in [-0.3, -0.25) is 0 Å². The van der Waals surface area contributed by atoms with Gasteiger partial charge >= 0.3 is 0 Å². The first-order valence-electron chi connectivity index (χ1n) is 4.83. The van der Waals surface area contributed by atoms with Gasteiger partial charge in [0.2, 0.25) is 0 Å². The maximum absolute atomic E-state index is 5.44. The number of rotatable bonds is 3. The highest BCUT2D eigenvalue weighted by atomic mass is 16.5. The van der Waals surface area contributed by atoms with Gasteiger partial charge in [-0.25, -0.2) is 4.68 Å². The highest BCUT2D eigenvalue weighted by molar-refractivity contribution is 4.84. The van der Waals surface area contributed by atoms with Gasteiger partial charge in [0.25, 0.3) is 0 Å². The zero-order valence-corrected chi connectivity index (χ0v) is 8.47. The van der Waals surface area contributed by atoms with Crippen LogP contribution in [0.25, 0.3) is 0 Å². The number of tetrazole rings is 1. The van der Waals surface area contributed by atoms with E-state index in [4.69, 9.17) is 4.74 Å². The largest absolute Gasteiger partial charge is 0.377 e. The van der Waals surface area contributed by atoms with Crippen LogP contribution < -0.4 is 5.32 Å². The third-order valence-corrected chi connectivity index (χ3v) is 2.61. The SMILES string of the molecule is C[C@H]1OCC[C@H]1NCc1nnnn1C. The average Bonchev–Trinajstić information content (AvgIpc) is 2.72.